The lowest BCUT2D eigenvalue weighted by atomic mass is 9.83. The molecule has 5 heteroatoms. The summed E-state index contributed by atoms with van der Waals surface area (Å²) in [5.41, 5.74) is 5.37. The van der Waals surface area contributed by atoms with Crippen LogP contribution in [-0.2, 0) is 35.2 Å². The molecule has 0 bridgehead atoms. The second-order valence-electron chi connectivity index (χ2n) is 11.4. The Kier molecular flexibility index (Phi) is 11.4. The van der Waals surface area contributed by atoms with E-state index in [-0.39, 0.29) is 5.78 Å². The number of carbonyl (C=O) groups excluding carboxylic acids is 1. The highest BCUT2D eigenvalue weighted by atomic mass is 19.2. The van der Waals surface area contributed by atoms with Crippen LogP contribution in [0.25, 0.3) is 0 Å². The summed E-state index contributed by atoms with van der Waals surface area (Å²) in [5.74, 6) is -2.71. The molecule has 40 heavy (non-hydrogen) atoms. The van der Waals surface area contributed by atoms with Gasteiger partial charge in [0, 0.05) is 12.8 Å². The van der Waals surface area contributed by atoms with Crippen molar-refractivity contribution >= 4 is 5.78 Å². The third-order valence-electron chi connectivity index (χ3n) is 8.18. The van der Waals surface area contributed by atoms with E-state index in [0.717, 1.165) is 61.3 Å². The number of ether oxygens (including phenoxy) is 1. The number of carbonyl (C=O) groups is 1. The minimum absolute atomic E-state index is 0.252. The largest absolute Gasteiger partial charge is 0.378 e. The molecule has 3 aromatic carbocycles. The summed E-state index contributed by atoms with van der Waals surface area (Å²) >= 11 is 0. The van der Waals surface area contributed by atoms with Crippen LogP contribution in [0, 0.1) is 30.3 Å². The van der Waals surface area contributed by atoms with Gasteiger partial charge in [0.15, 0.2) is 17.5 Å². The van der Waals surface area contributed by atoms with E-state index in [1.165, 1.54) is 30.4 Å². The van der Waals surface area contributed by atoms with Gasteiger partial charge in [-0.05, 0) is 111 Å². The van der Waals surface area contributed by atoms with Crippen molar-refractivity contribution in [2.75, 3.05) is 6.61 Å². The molecule has 2 nitrogen and oxygen atoms in total. The van der Waals surface area contributed by atoms with Crippen LogP contribution in [0.4, 0.5) is 13.2 Å². The lowest BCUT2D eigenvalue weighted by molar-refractivity contribution is -0.120. The van der Waals surface area contributed by atoms with E-state index in [4.69, 9.17) is 4.74 Å². The minimum Gasteiger partial charge on any atom is -0.378 e. The Labute approximate surface area is 237 Å². The molecule has 0 radical (unpaired) electrons. The molecule has 0 saturated heterocycles. The van der Waals surface area contributed by atoms with Crippen LogP contribution in [0.1, 0.15) is 79.2 Å². The van der Waals surface area contributed by atoms with Gasteiger partial charge < -0.3 is 4.74 Å². The first-order valence-electron chi connectivity index (χ1n) is 14.8. The van der Waals surface area contributed by atoms with Crippen LogP contribution in [0.15, 0.2) is 60.7 Å². The number of aryl methyl sites for hydroxylation is 5. The average Bonchev–Trinajstić information content (AvgIpc) is 2.96. The topological polar surface area (TPSA) is 26.3 Å². The summed E-state index contributed by atoms with van der Waals surface area (Å²) in [6.45, 7) is 2.65. The van der Waals surface area contributed by atoms with E-state index < -0.39 is 17.5 Å². The van der Waals surface area contributed by atoms with E-state index in [9.17, 15) is 18.0 Å². The number of hydrogen-bond acceptors (Lipinski definition) is 2. The molecule has 0 spiro atoms. The highest BCUT2D eigenvalue weighted by Crippen LogP contribution is 2.29. The molecule has 0 N–H and O–H groups in total. The molecule has 0 atom stereocenters. The predicted molar refractivity (Wildman–Crippen MR) is 154 cm³/mol. The van der Waals surface area contributed by atoms with Crippen LogP contribution in [0.2, 0.25) is 0 Å². The van der Waals surface area contributed by atoms with E-state index in [1.807, 2.05) is 24.3 Å². The van der Waals surface area contributed by atoms with Crippen LogP contribution in [-0.4, -0.2) is 18.5 Å². The third-order valence-corrected chi connectivity index (χ3v) is 8.18. The zero-order valence-corrected chi connectivity index (χ0v) is 23.6. The highest BCUT2D eigenvalue weighted by Gasteiger charge is 2.21. The number of hydrogen-bond donors (Lipinski definition) is 0. The standard InChI is InChI=1S/C35H41F3O2/c1-25-5-7-27(8-6-25)13-14-29-17-19-32(20-18-29)40-22-21-31(39)4-2-3-26-9-11-28(12-10-26)15-16-30-23-33(36)35(38)34(37)24-30/h5-12,23-24,29,32H,2-4,13-22H2,1H3. The van der Waals surface area contributed by atoms with Gasteiger partial charge in [-0.3, -0.25) is 4.79 Å². The van der Waals surface area contributed by atoms with Crippen molar-refractivity contribution in [2.24, 2.45) is 5.92 Å². The zero-order valence-electron chi connectivity index (χ0n) is 23.6. The Balaban J connectivity index is 1.05. The highest BCUT2D eigenvalue weighted by molar-refractivity contribution is 5.78. The summed E-state index contributed by atoms with van der Waals surface area (Å²) in [6.07, 6.45) is 11.0. The number of benzene rings is 3. The van der Waals surface area contributed by atoms with Crippen molar-refractivity contribution in [3.63, 3.8) is 0 Å². The Morgan fingerprint density at radius 3 is 1.93 bits per heavy atom. The summed E-state index contributed by atoms with van der Waals surface area (Å²) in [5, 5.41) is 0. The first-order chi connectivity index (χ1) is 19.4. The Morgan fingerprint density at radius 1 is 0.725 bits per heavy atom. The monoisotopic (exact) mass is 550 g/mol. The average molecular weight is 551 g/mol. The summed E-state index contributed by atoms with van der Waals surface area (Å²) < 4.78 is 45.9. The van der Waals surface area contributed by atoms with E-state index in [0.29, 0.717) is 44.0 Å². The fourth-order valence-electron chi connectivity index (χ4n) is 5.58. The number of halogens is 3. The molecule has 3 aromatic rings. The summed E-state index contributed by atoms with van der Waals surface area (Å²) in [7, 11) is 0. The molecule has 1 fully saturated rings. The summed E-state index contributed by atoms with van der Waals surface area (Å²) in [4.78, 5) is 12.4. The lowest BCUT2D eigenvalue weighted by Gasteiger charge is -2.28. The van der Waals surface area contributed by atoms with Gasteiger partial charge in [0.25, 0.3) is 0 Å². The third kappa shape index (κ3) is 9.62. The van der Waals surface area contributed by atoms with Crippen LogP contribution >= 0.6 is 0 Å². The maximum Gasteiger partial charge on any atom is 0.194 e. The van der Waals surface area contributed by atoms with Crippen molar-refractivity contribution in [1.82, 2.24) is 0 Å². The molecular formula is C35H41F3O2. The molecule has 214 valence electrons. The van der Waals surface area contributed by atoms with Gasteiger partial charge in [-0.25, -0.2) is 13.2 Å². The molecule has 1 aliphatic carbocycles. The van der Waals surface area contributed by atoms with Gasteiger partial charge >= 0.3 is 0 Å². The van der Waals surface area contributed by atoms with E-state index in [2.05, 4.69) is 31.2 Å². The smallest absolute Gasteiger partial charge is 0.194 e. The van der Waals surface area contributed by atoms with Crippen molar-refractivity contribution in [3.05, 3.63) is 106 Å². The number of Topliss-reactive ketones (excluding diaryl/α,β-unsaturated/α-hetero) is 1. The van der Waals surface area contributed by atoms with Gasteiger partial charge in [0.1, 0.15) is 5.78 Å². The van der Waals surface area contributed by atoms with Gasteiger partial charge in [-0.2, -0.15) is 0 Å². The molecule has 0 heterocycles. The second-order valence-corrected chi connectivity index (χ2v) is 11.4. The van der Waals surface area contributed by atoms with Crippen LogP contribution < -0.4 is 0 Å². The zero-order chi connectivity index (χ0) is 28.3. The van der Waals surface area contributed by atoms with Gasteiger partial charge in [0.05, 0.1) is 12.7 Å². The molecule has 0 unspecified atom stereocenters. The first-order valence-corrected chi connectivity index (χ1v) is 14.8. The fourth-order valence-corrected chi connectivity index (χ4v) is 5.58. The SMILES string of the molecule is Cc1ccc(CCC2CCC(OCCC(=O)CCCc3ccc(CCc4cc(F)c(F)c(F)c4)cc3)CC2)cc1. The maximum absolute atomic E-state index is 13.4. The van der Waals surface area contributed by atoms with Gasteiger partial charge in [0.2, 0.25) is 0 Å². The molecule has 0 amide bonds. The van der Waals surface area contributed by atoms with Crippen molar-refractivity contribution in [1.29, 1.82) is 0 Å². The second kappa shape index (κ2) is 15.2. The molecular weight excluding hydrogens is 509 g/mol. The fraction of sp³-hybridized carbons (Fsp3) is 0.457. The predicted octanol–water partition coefficient (Wildman–Crippen LogP) is 8.69. The molecule has 1 aliphatic rings. The normalized spacial score (nSPS) is 17.2. The molecule has 4 rings (SSSR count). The maximum atomic E-state index is 13.4. The molecule has 0 aliphatic heterocycles. The van der Waals surface area contributed by atoms with Gasteiger partial charge in [-0.1, -0.05) is 54.1 Å². The molecule has 1 saturated carbocycles. The van der Waals surface area contributed by atoms with Gasteiger partial charge in [-0.15, -0.1) is 0 Å². The van der Waals surface area contributed by atoms with Crippen molar-refractivity contribution < 1.29 is 22.7 Å². The minimum atomic E-state index is -1.43. The Morgan fingerprint density at radius 2 is 1.27 bits per heavy atom. The quantitative estimate of drug-likeness (QED) is 0.188. The van der Waals surface area contributed by atoms with E-state index >= 15 is 0 Å². The van der Waals surface area contributed by atoms with Crippen molar-refractivity contribution in [2.45, 2.75) is 90.1 Å². The van der Waals surface area contributed by atoms with E-state index in [1.54, 1.807) is 0 Å². The Hall–Kier alpha value is -2.92. The Bertz CT molecular complexity index is 1190. The summed E-state index contributed by atoms with van der Waals surface area (Å²) in [6, 6.07) is 19.0. The first kappa shape index (κ1) is 30.0. The molecule has 0 aromatic heterocycles. The van der Waals surface area contributed by atoms with Crippen LogP contribution in [0.5, 0.6) is 0 Å². The number of rotatable bonds is 14. The number of ketones is 1. The lowest BCUT2D eigenvalue weighted by Crippen LogP contribution is -2.23. The van der Waals surface area contributed by atoms with Crippen LogP contribution in [0.3, 0.4) is 0 Å². The van der Waals surface area contributed by atoms with Crippen molar-refractivity contribution in [3.8, 4) is 0 Å².